The highest BCUT2D eigenvalue weighted by Crippen LogP contribution is 2.42. The summed E-state index contributed by atoms with van der Waals surface area (Å²) in [4.78, 5) is 17.2. The van der Waals surface area contributed by atoms with Crippen LogP contribution in [-0.2, 0) is 0 Å². The van der Waals surface area contributed by atoms with Gasteiger partial charge in [-0.2, -0.15) is 0 Å². The lowest BCUT2D eigenvalue weighted by molar-refractivity contribution is 0.355. The van der Waals surface area contributed by atoms with E-state index in [0.717, 1.165) is 55.3 Å². The second kappa shape index (κ2) is 9.13. The van der Waals surface area contributed by atoms with Gasteiger partial charge in [-0.05, 0) is 37.1 Å². The van der Waals surface area contributed by atoms with Crippen LogP contribution in [0.3, 0.4) is 0 Å². The van der Waals surface area contributed by atoms with E-state index in [1.165, 1.54) is 24.2 Å². The number of ether oxygens (including phenoxy) is 2. The zero-order valence-corrected chi connectivity index (χ0v) is 20.4. The van der Waals surface area contributed by atoms with E-state index in [1.807, 2.05) is 12.1 Å². The summed E-state index contributed by atoms with van der Waals surface area (Å²) in [7, 11) is 3.34. The molecule has 3 aromatic rings. The van der Waals surface area contributed by atoms with Crippen molar-refractivity contribution in [2.75, 3.05) is 61.6 Å². The van der Waals surface area contributed by atoms with E-state index in [1.54, 1.807) is 14.2 Å². The van der Waals surface area contributed by atoms with Crippen LogP contribution in [0.5, 0.6) is 11.5 Å². The molecule has 35 heavy (non-hydrogen) atoms. The van der Waals surface area contributed by atoms with Crippen molar-refractivity contribution < 1.29 is 9.47 Å². The summed E-state index contributed by atoms with van der Waals surface area (Å²) in [5.74, 6) is 3.85. The van der Waals surface area contributed by atoms with Crippen LogP contribution in [0.4, 0.5) is 17.2 Å². The molecule has 1 saturated heterocycles. The quantitative estimate of drug-likeness (QED) is 0.517. The molecule has 0 radical (unpaired) electrons. The number of hydrogen-bond acceptors (Lipinski definition) is 7. The molecule has 0 amide bonds. The first-order valence-corrected chi connectivity index (χ1v) is 12.4. The van der Waals surface area contributed by atoms with Gasteiger partial charge < -0.3 is 24.2 Å². The highest BCUT2D eigenvalue weighted by Gasteiger charge is 2.30. The van der Waals surface area contributed by atoms with Gasteiger partial charge in [0.15, 0.2) is 11.5 Å². The highest BCUT2D eigenvalue weighted by molar-refractivity contribution is 5.92. The van der Waals surface area contributed by atoms with Crippen molar-refractivity contribution in [1.82, 2.24) is 9.97 Å². The largest absolute Gasteiger partial charge is 0.493 e. The average molecular weight is 470 g/mol. The van der Waals surface area contributed by atoms with Crippen LogP contribution in [0, 0.1) is 0 Å². The van der Waals surface area contributed by atoms with Gasteiger partial charge >= 0.3 is 0 Å². The number of allylic oxidation sites excluding steroid dienone is 2. The Labute approximate surface area is 206 Å². The molecule has 1 saturated carbocycles. The first-order chi connectivity index (χ1) is 17.2. The standard InChI is InChI=1S/C28H31N5O2/c1-34-25-18-21-22(19-26(25)35-2)29-27(20-10-11-20)30-28(21)33-16-14-32(15-17-33)24-9-5-4-8-23(24)31-12-6-3-7-13-31/h3-9,12,18-20H,10-11,13-17H2,1-2H3. The van der Waals surface area contributed by atoms with Gasteiger partial charge in [-0.25, -0.2) is 9.97 Å². The van der Waals surface area contributed by atoms with Crippen molar-refractivity contribution in [3.63, 3.8) is 0 Å². The number of benzene rings is 2. The molecule has 3 heterocycles. The van der Waals surface area contributed by atoms with Gasteiger partial charge in [-0.15, -0.1) is 0 Å². The number of anilines is 3. The van der Waals surface area contributed by atoms with Crippen LogP contribution in [0.1, 0.15) is 24.6 Å². The molecule has 6 rings (SSSR count). The van der Waals surface area contributed by atoms with Gasteiger partial charge in [0.05, 0.1) is 31.1 Å². The van der Waals surface area contributed by atoms with Crippen LogP contribution >= 0.6 is 0 Å². The Kier molecular flexibility index (Phi) is 5.68. The third kappa shape index (κ3) is 4.16. The number of fused-ring (bicyclic) bond motifs is 1. The molecule has 2 aliphatic heterocycles. The van der Waals surface area contributed by atoms with Crippen molar-refractivity contribution in [2.24, 2.45) is 0 Å². The minimum absolute atomic E-state index is 0.478. The number of piperazine rings is 1. The number of aromatic nitrogens is 2. The summed E-state index contributed by atoms with van der Waals surface area (Å²) >= 11 is 0. The minimum Gasteiger partial charge on any atom is -0.493 e. The predicted octanol–water partition coefficient (Wildman–Crippen LogP) is 4.74. The van der Waals surface area contributed by atoms with Crippen molar-refractivity contribution in [3.8, 4) is 11.5 Å². The topological polar surface area (TPSA) is 54.0 Å². The highest BCUT2D eigenvalue weighted by atomic mass is 16.5. The maximum Gasteiger partial charge on any atom is 0.162 e. The lowest BCUT2D eigenvalue weighted by Gasteiger charge is -2.39. The molecule has 2 aromatic carbocycles. The number of hydrogen-bond donors (Lipinski definition) is 0. The number of methoxy groups -OCH3 is 2. The third-order valence-electron chi connectivity index (χ3n) is 7.07. The van der Waals surface area contributed by atoms with E-state index >= 15 is 0 Å². The summed E-state index contributed by atoms with van der Waals surface area (Å²) in [6, 6.07) is 12.7. The van der Waals surface area contributed by atoms with E-state index < -0.39 is 0 Å². The fraction of sp³-hybridized carbons (Fsp3) is 0.357. The molecular formula is C28H31N5O2. The Morgan fingerprint density at radius 3 is 2.23 bits per heavy atom. The Hall–Kier alpha value is -3.74. The number of nitrogens with zero attached hydrogens (tertiary/aromatic N) is 5. The zero-order valence-electron chi connectivity index (χ0n) is 20.4. The second-order valence-electron chi connectivity index (χ2n) is 9.29. The SMILES string of the molecule is COc1cc2nc(C3CC3)nc(N3CCN(c4ccccc4N4C=CC=CC4)CC3)c2cc1OC. The van der Waals surface area contributed by atoms with E-state index in [-0.39, 0.29) is 0 Å². The zero-order chi connectivity index (χ0) is 23.8. The predicted molar refractivity (Wildman–Crippen MR) is 141 cm³/mol. The normalized spacial score (nSPS) is 17.8. The van der Waals surface area contributed by atoms with Crippen LogP contribution < -0.4 is 24.2 Å². The summed E-state index contributed by atoms with van der Waals surface area (Å²) in [6.07, 6.45) is 10.9. The van der Waals surface area contributed by atoms with Crippen LogP contribution in [0.15, 0.2) is 60.8 Å². The molecule has 3 aliphatic rings. The molecule has 1 aliphatic carbocycles. The lowest BCUT2D eigenvalue weighted by atomic mass is 10.1. The lowest BCUT2D eigenvalue weighted by Crippen LogP contribution is -2.47. The van der Waals surface area contributed by atoms with Gasteiger partial charge in [0.25, 0.3) is 0 Å². The number of rotatable bonds is 6. The summed E-state index contributed by atoms with van der Waals surface area (Å²) in [5.41, 5.74) is 3.46. The smallest absolute Gasteiger partial charge is 0.162 e. The maximum absolute atomic E-state index is 5.60. The van der Waals surface area contributed by atoms with Crippen LogP contribution in [0.25, 0.3) is 10.9 Å². The Bertz CT molecular complexity index is 1290. The van der Waals surface area contributed by atoms with Crippen LogP contribution in [0.2, 0.25) is 0 Å². The average Bonchev–Trinajstić information content (AvgIpc) is 3.78. The fourth-order valence-electron chi connectivity index (χ4n) is 5.00. The van der Waals surface area contributed by atoms with Crippen molar-refractivity contribution >= 4 is 28.1 Å². The van der Waals surface area contributed by atoms with E-state index in [4.69, 9.17) is 19.4 Å². The van der Waals surface area contributed by atoms with Crippen molar-refractivity contribution in [2.45, 2.75) is 18.8 Å². The molecule has 0 atom stereocenters. The fourth-order valence-corrected chi connectivity index (χ4v) is 5.00. The van der Waals surface area contributed by atoms with Gasteiger partial charge in [0.1, 0.15) is 11.6 Å². The first-order valence-electron chi connectivity index (χ1n) is 12.4. The molecule has 1 aromatic heterocycles. The molecular weight excluding hydrogens is 438 g/mol. The molecule has 7 nitrogen and oxygen atoms in total. The molecule has 0 unspecified atom stereocenters. The minimum atomic E-state index is 0.478. The molecule has 180 valence electrons. The van der Waals surface area contributed by atoms with Gasteiger partial charge in [0.2, 0.25) is 0 Å². The Morgan fingerprint density at radius 1 is 0.829 bits per heavy atom. The molecule has 0 N–H and O–H groups in total. The van der Waals surface area contributed by atoms with Gasteiger partial charge in [-0.1, -0.05) is 24.3 Å². The summed E-state index contributed by atoms with van der Waals surface area (Å²) in [6.45, 7) is 4.56. The third-order valence-corrected chi connectivity index (χ3v) is 7.07. The van der Waals surface area contributed by atoms with Gasteiger partial charge in [-0.3, -0.25) is 0 Å². The monoisotopic (exact) mass is 469 g/mol. The Balaban J connectivity index is 1.30. The summed E-state index contributed by atoms with van der Waals surface area (Å²) in [5, 5.41) is 1.02. The number of para-hydroxylation sites is 2. The van der Waals surface area contributed by atoms with Crippen molar-refractivity contribution in [3.05, 3.63) is 66.7 Å². The first kappa shape index (κ1) is 21.8. The molecule has 2 fully saturated rings. The maximum atomic E-state index is 5.60. The molecule has 7 heteroatoms. The Morgan fingerprint density at radius 2 is 1.54 bits per heavy atom. The molecule has 0 spiro atoms. The van der Waals surface area contributed by atoms with E-state index in [0.29, 0.717) is 17.4 Å². The second-order valence-corrected chi connectivity index (χ2v) is 9.29. The van der Waals surface area contributed by atoms with E-state index in [9.17, 15) is 0 Å². The van der Waals surface area contributed by atoms with Crippen LogP contribution in [-0.4, -0.2) is 56.9 Å². The molecule has 0 bridgehead atoms. The van der Waals surface area contributed by atoms with Gasteiger partial charge in [0, 0.05) is 56.3 Å². The van der Waals surface area contributed by atoms with E-state index in [2.05, 4.69) is 63.4 Å². The summed E-state index contributed by atoms with van der Waals surface area (Å²) < 4.78 is 11.2. The van der Waals surface area contributed by atoms with Crippen molar-refractivity contribution in [1.29, 1.82) is 0 Å².